The fraction of sp³-hybridized carbons (Fsp3) is 0.333. The van der Waals surface area contributed by atoms with Crippen molar-refractivity contribution in [3.63, 3.8) is 0 Å². The van der Waals surface area contributed by atoms with Gasteiger partial charge in [0, 0.05) is 0 Å². The molecule has 0 nitrogen and oxygen atoms in total. The van der Waals surface area contributed by atoms with Crippen molar-refractivity contribution >= 4 is 21.8 Å². The third kappa shape index (κ3) is 2.89. The molecule has 0 amide bonds. The van der Waals surface area contributed by atoms with Crippen molar-refractivity contribution in [3.05, 3.63) is 29.8 Å². The first kappa shape index (κ1) is 9.17. The van der Waals surface area contributed by atoms with Gasteiger partial charge in [-0.1, -0.05) is 47.7 Å². The fourth-order valence-corrected chi connectivity index (χ4v) is 3.67. The Morgan fingerprint density at radius 1 is 1.27 bits per heavy atom. The van der Waals surface area contributed by atoms with Gasteiger partial charge in [0.15, 0.2) is 0 Å². The lowest BCUT2D eigenvalue weighted by atomic mass is 10.2. The van der Waals surface area contributed by atoms with Crippen LogP contribution in [0.4, 0.5) is 0 Å². The van der Waals surface area contributed by atoms with E-state index in [-0.39, 0.29) is 0 Å². The second-order valence-electron chi connectivity index (χ2n) is 2.47. The minimum absolute atomic E-state index is 1.03. The lowest BCUT2D eigenvalue weighted by molar-refractivity contribution is 1.52. The lowest BCUT2D eigenvalue weighted by Crippen LogP contribution is -1.95. The molecule has 0 radical (unpaired) electrons. The molecule has 0 saturated heterocycles. The van der Waals surface area contributed by atoms with Crippen LogP contribution < -0.4 is 5.30 Å². The number of aryl methyl sites for hydroxylation is 1. The summed E-state index contributed by atoms with van der Waals surface area (Å²) in [6.45, 7) is 4.45. The molecule has 0 bridgehead atoms. The van der Waals surface area contributed by atoms with E-state index < -0.39 is 0 Å². The summed E-state index contributed by atoms with van der Waals surface area (Å²) in [5.41, 5.74) is 1.45. The number of hydrogen-bond acceptors (Lipinski definition) is 0. The molecule has 0 saturated carbocycles. The van der Waals surface area contributed by atoms with Gasteiger partial charge in [-0.15, -0.1) is 0 Å². The SMILES string of the molecule is CCPPc1ccccc1C. The number of hydrogen-bond donors (Lipinski definition) is 0. The summed E-state index contributed by atoms with van der Waals surface area (Å²) < 4.78 is 0. The van der Waals surface area contributed by atoms with E-state index in [1.807, 2.05) is 0 Å². The van der Waals surface area contributed by atoms with Crippen LogP contribution in [-0.4, -0.2) is 6.16 Å². The van der Waals surface area contributed by atoms with Crippen LogP contribution in [0, 0.1) is 6.92 Å². The Morgan fingerprint density at radius 2 is 2.00 bits per heavy atom. The quantitative estimate of drug-likeness (QED) is 0.633. The van der Waals surface area contributed by atoms with E-state index in [2.05, 4.69) is 38.1 Å². The van der Waals surface area contributed by atoms with Crippen LogP contribution in [0.1, 0.15) is 12.5 Å². The Labute approximate surface area is 72.3 Å². The van der Waals surface area contributed by atoms with E-state index in [4.69, 9.17) is 0 Å². The van der Waals surface area contributed by atoms with E-state index >= 15 is 0 Å². The van der Waals surface area contributed by atoms with Crippen molar-refractivity contribution in [2.45, 2.75) is 13.8 Å². The molecule has 2 atom stereocenters. The largest absolute Gasteiger partial charge is 0.0949 e. The van der Waals surface area contributed by atoms with E-state index in [0.717, 1.165) is 16.5 Å². The Kier molecular flexibility index (Phi) is 4.05. The Balaban J connectivity index is 2.62. The molecule has 0 aliphatic heterocycles. The topological polar surface area (TPSA) is 0 Å². The van der Waals surface area contributed by atoms with Gasteiger partial charge in [0.1, 0.15) is 0 Å². The third-order valence-corrected chi connectivity index (χ3v) is 5.30. The van der Waals surface area contributed by atoms with Gasteiger partial charge in [-0.2, -0.15) is 0 Å². The zero-order valence-electron chi connectivity index (χ0n) is 7.02. The fourth-order valence-electron chi connectivity index (χ4n) is 0.897. The smallest absolute Gasteiger partial charge is 0.0201 e. The van der Waals surface area contributed by atoms with E-state index in [9.17, 15) is 0 Å². The monoisotopic (exact) mass is 184 g/mol. The highest BCUT2D eigenvalue weighted by atomic mass is 32.0. The molecule has 2 unspecified atom stereocenters. The van der Waals surface area contributed by atoms with Crippen molar-refractivity contribution in [1.82, 2.24) is 0 Å². The summed E-state index contributed by atoms with van der Waals surface area (Å²) in [4.78, 5) is 0. The average Bonchev–Trinajstić information content (AvgIpc) is 2.03. The maximum atomic E-state index is 2.25. The molecule has 0 N–H and O–H groups in total. The third-order valence-electron chi connectivity index (χ3n) is 1.54. The molecule has 0 fully saturated rings. The average molecular weight is 184 g/mol. The number of benzene rings is 1. The summed E-state index contributed by atoms with van der Waals surface area (Å²) in [5, 5.41) is 1.55. The Morgan fingerprint density at radius 3 is 2.64 bits per heavy atom. The standard InChI is InChI=1S/C9H14P2/c1-3-10-11-9-7-5-4-6-8(9)2/h4-7,10-11H,3H2,1-2H3. The lowest BCUT2D eigenvalue weighted by Gasteiger charge is -2.02. The zero-order chi connectivity index (χ0) is 8.10. The summed E-state index contributed by atoms with van der Waals surface area (Å²) >= 11 is 0. The van der Waals surface area contributed by atoms with Gasteiger partial charge in [-0.25, -0.2) is 0 Å². The normalized spacial score (nSPS) is 12.2. The first-order valence-electron chi connectivity index (χ1n) is 3.89. The van der Waals surface area contributed by atoms with Crippen LogP contribution in [0.5, 0.6) is 0 Å². The van der Waals surface area contributed by atoms with Crippen LogP contribution >= 0.6 is 16.5 Å². The molecule has 11 heavy (non-hydrogen) atoms. The van der Waals surface area contributed by atoms with Crippen LogP contribution in [0.3, 0.4) is 0 Å². The minimum Gasteiger partial charge on any atom is -0.0949 e. The predicted molar refractivity (Wildman–Crippen MR) is 58.0 cm³/mol. The summed E-state index contributed by atoms with van der Waals surface area (Å²) in [5.74, 6) is 0. The van der Waals surface area contributed by atoms with Crippen molar-refractivity contribution < 1.29 is 0 Å². The molecule has 0 aromatic heterocycles. The van der Waals surface area contributed by atoms with E-state index in [0.29, 0.717) is 0 Å². The van der Waals surface area contributed by atoms with Crippen molar-refractivity contribution in [3.8, 4) is 0 Å². The minimum atomic E-state index is 1.03. The number of rotatable bonds is 3. The molecule has 0 heterocycles. The molecular formula is C9H14P2. The van der Waals surface area contributed by atoms with Gasteiger partial charge in [-0.05, 0) is 24.0 Å². The van der Waals surface area contributed by atoms with Crippen molar-refractivity contribution in [2.75, 3.05) is 6.16 Å². The summed E-state index contributed by atoms with van der Waals surface area (Å²) in [7, 11) is 2.15. The molecule has 60 valence electrons. The maximum Gasteiger partial charge on any atom is -0.0201 e. The summed E-state index contributed by atoms with van der Waals surface area (Å²) in [6.07, 6.45) is 1.33. The molecule has 1 rings (SSSR count). The van der Waals surface area contributed by atoms with E-state index in [1.165, 1.54) is 11.7 Å². The van der Waals surface area contributed by atoms with Crippen molar-refractivity contribution in [1.29, 1.82) is 0 Å². The second-order valence-corrected chi connectivity index (χ2v) is 6.13. The highest BCUT2D eigenvalue weighted by Crippen LogP contribution is 2.35. The van der Waals surface area contributed by atoms with Gasteiger partial charge in [-0.3, -0.25) is 0 Å². The first-order valence-corrected chi connectivity index (χ1v) is 7.10. The first-order chi connectivity index (χ1) is 5.34. The highest BCUT2D eigenvalue weighted by molar-refractivity contribution is 8.15. The van der Waals surface area contributed by atoms with Gasteiger partial charge in [0.05, 0.1) is 0 Å². The molecule has 1 aromatic carbocycles. The second kappa shape index (κ2) is 4.86. The summed E-state index contributed by atoms with van der Waals surface area (Å²) in [6, 6.07) is 8.69. The Hall–Kier alpha value is 0.0800. The molecule has 0 aliphatic rings. The van der Waals surface area contributed by atoms with Crippen LogP contribution in [-0.2, 0) is 0 Å². The molecule has 2 heteroatoms. The highest BCUT2D eigenvalue weighted by Gasteiger charge is 1.93. The molecule has 0 aliphatic carbocycles. The predicted octanol–water partition coefficient (Wildman–Crippen LogP) is 2.91. The molecule has 0 spiro atoms. The van der Waals surface area contributed by atoms with Crippen molar-refractivity contribution in [2.24, 2.45) is 0 Å². The zero-order valence-corrected chi connectivity index (χ0v) is 9.02. The van der Waals surface area contributed by atoms with Gasteiger partial charge in [0.25, 0.3) is 0 Å². The van der Waals surface area contributed by atoms with Crippen LogP contribution in [0.15, 0.2) is 24.3 Å². The van der Waals surface area contributed by atoms with Crippen LogP contribution in [0.25, 0.3) is 0 Å². The maximum absolute atomic E-state index is 2.25. The van der Waals surface area contributed by atoms with Gasteiger partial charge >= 0.3 is 0 Å². The van der Waals surface area contributed by atoms with Crippen LogP contribution in [0.2, 0.25) is 0 Å². The molecule has 1 aromatic rings. The Bertz CT molecular complexity index is 221. The molecular weight excluding hydrogens is 170 g/mol. The van der Waals surface area contributed by atoms with Gasteiger partial charge < -0.3 is 0 Å². The van der Waals surface area contributed by atoms with E-state index in [1.54, 1.807) is 5.30 Å². The van der Waals surface area contributed by atoms with Gasteiger partial charge in [0.2, 0.25) is 0 Å².